The van der Waals surface area contributed by atoms with E-state index in [0.717, 1.165) is 22.2 Å². The number of thioether (sulfide) groups is 1. The number of amides is 2. The third kappa shape index (κ3) is 3.90. The van der Waals surface area contributed by atoms with Gasteiger partial charge in [0.2, 0.25) is 0 Å². The van der Waals surface area contributed by atoms with Crippen LogP contribution >= 0.6 is 35.6 Å². The van der Waals surface area contributed by atoms with Gasteiger partial charge in [-0.15, -0.1) is 0 Å². The third-order valence-corrected chi connectivity index (χ3v) is 5.09. The predicted molar refractivity (Wildman–Crippen MR) is 106 cm³/mol. The van der Waals surface area contributed by atoms with Gasteiger partial charge in [0.25, 0.3) is 11.8 Å². The Morgan fingerprint density at radius 3 is 2.48 bits per heavy atom. The summed E-state index contributed by atoms with van der Waals surface area (Å²) >= 11 is 12.3. The number of hydrogen-bond acceptors (Lipinski definition) is 4. The maximum atomic E-state index is 12.6. The molecule has 6 heteroatoms. The minimum absolute atomic E-state index is 0.203. The van der Waals surface area contributed by atoms with E-state index in [1.165, 1.54) is 0 Å². The molecule has 2 amide bonds. The van der Waals surface area contributed by atoms with Crippen LogP contribution in [0.25, 0.3) is 6.08 Å². The molecule has 0 aliphatic carbocycles. The Kier molecular flexibility index (Phi) is 5.48. The van der Waals surface area contributed by atoms with E-state index in [0.29, 0.717) is 4.91 Å². The minimum atomic E-state index is -0.511. The minimum Gasteiger partial charge on any atom is -0.268 e. The summed E-state index contributed by atoms with van der Waals surface area (Å²) < 4.78 is 0.203. The second kappa shape index (κ2) is 7.78. The Morgan fingerprint density at radius 2 is 1.76 bits per heavy atom. The number of hydrogen-bond donors (Lipinski definition) is 0. The molecule has 0 bridgehead atoms. The summed E-state index contributed by atoms with van der Waals surface area (Å²) in [7, 11) is 0. The van der Waals surface area contributed by atoms with Gasteiger partial charge in [0.05, 0.1) is 15.5 Å². The van der Waals surface area contributed by atoms with E-state index in [2.05, 4.69) is 0 Å². The van der Waals surface area contributed by atoms with Crippen LogP contribution in [0.3, 0.4) is 0 Å². The molecule has 2 aromatic carbocycles. The summed E-state index contributed by atoms with van der Waals surface area (Å²) in [5.74, 6) is -0.943. The van der Waals surface area contributed by atoms with Crippen molar-refractivity contribution < 1.29 is 9.59 Å². The Hall–Kier alpha value is -2.21. The van der Waals surface area contributed by atoms with E-state index in [1.807, 2.05) is 36.4 Å². The maximum absolute atomic E-state index is 12.6. The molecule has 1 aliphatic heterocycles. The van der Waals surface area contributed by atoms with E-state index >= 15 is 0 Å². The van der Waals surface area contributed by atoms with Gasteiger partial charge in [-0.25, -0.2) is 4.90 Å². The molecule has 0 spiro atoms. The first-order chi connectivity index (χ1) is 12.1. The fourth-order valence-electron chi connectivity index (χ4n) is 2.22. The van der Waals surface area contributed by atoms with E-state index in [-0.39, 0.29) is 14.9 Å². The number of halogens is 1. The van der Waals surface area contributed by atoms with E-state index in [1.54, 1.807) is 36.4 Å². The largest absolute Gasteiger partial charge is 0.273 e. The summed E-state index contributed by atoms with van der Waals surface area (Å²) in [4.78, 5) is 26.5. The molecular weight excluding hydrogens is 374 g/mol. The molecule has 1 aliphatic rings. The highest BCUT2D eigenvalue weighted by molar-refractivity contribution is 8.26. The zero-order valence-corrected chi connectivity index (χ0v) is 15.3. The quantitative estimate of drug-likeness (QED) is 0.426. The van der Waals surface area contributed by atoms with Crippen LogP contribution in [0.5, 0.6) is 0 Å². The lowest BCUT2D eigenvalue weighted by atomic mass is 10.2. The lowest BCUT2D eigenvalue weighted by molar-refractivity contribution is -0.120. The average Bonchev–Trinajstić information content (AvgIpc) is 2.89. The van der Waals surface area contributed by atoms with Crippen LogP contribution < -0.4 is 0 Å². The highest BCUT2D eigenvalue weighted by atomic mass is 35.5. The first-order valence-corrected chi connectivity index (χ1v) is 8.97. The monoisotopic (exact) mass is 385 g/mol. The fraction of sp³-hybridized carbons (Fsp3) is 0. The van der Waals surface area contributed by atoms with Crippen LogP contribution in [-0.2, 0) is 4.79 Å². The summed E-state index contributed by atoms with van der Waals surface area (Å²) in [5.41, 5.74) is 1.27. The topological polar surface area (TPSA) is 37.4 Å². The van der Waals surface area contributed by atoms with Gasteiger partial charge in [0.1, 0.15) is 0 Å². The van der Waals surface area contributed by atoms with Crippen LogP contribution in [0.4, 0.5) is 0 Å². The molecule has 0 aromatic heterocycles. The zero-order chi connectivity index (χ0) is 17.8. The van der Waals surface area contributed by atoms with Crippen molar-refractivity contribution in [3.8, 4) is 0 Å². The highest BCUT2D eigenvalue weighted by Crippen LogP contribution is 2.33. The normalized spacial score (nSPS) is 16.2. The summed E-state index contributed by atoms with van der Waals surface area (Å²) in [6.07, 6.45) is 5.30. The van der Waals surface area contributed by atoms with Crippen molar-refractivity contribution in [1.29, 1.82) is 0 Å². The van der Waals surface area contributed by atoms with Crippen molar-refractivity contribution in [3.05, 3.63) is 87.8 Å². The van der Waals surface area contributed by atoms with E-state index in [4.69, 9.17) is 23.8 Å². The molecule has 0 N–H and O–H groups in total. The van der Waals surface area contributed by atoms with Gasteiger partial charge in [0.15, 0.2) is 4.32 Å². The maximum Gasteiger partial charge on any atom is 0.273 e. The molecule has 0 saturated carbocycles. The highest BCUT2D eigenvalue weighted by Gasteiger charge is 2.37. The number of carbonyl (C=O) groups excluding carboxylic acids is 2. The molecule has 0 unspecified atom stereocenters. The summed E-state index contributed by atoms with van der Waals surface area (Å²) in [6.45, 7) is 0. The second-order valence-electron chi connectivity index (χ2n) is 5.09. The van der Waals surface area contributed by atoms with Crippen LogP contribution in [0, 0.1) is 0 Å². The molecule has 124 valence electrons. The smallest absolute Gasteiger partial charge is 0.268 e. The van der Waals surface area contributed by atoms with Crippen LogP contribution in [-0.4, -0.2) is 21.0 Å². The van der Waals surface area contributed by atoms with Gasteiger partial charge in [0, 0.05) is 0 Å². The van der Waals surface area contributed by atoms with Gasteiger partial charge < -0.3 is 0 Å². The van der Waals surface area contributed by atoms with Crippen molar-refractivity contribution in [1.82, 2.24) is 4.90 Å². The number of allylic oxidation sites excluding steroid dienone is 2. The zero-order valence-electron chi connectivity index (χ0n) is 12.9. The molecular formula is C19H12ClNO2S2. The Morgan fingerprint density at radius 1 is 1.08 bits per heavy atom. The van der Waals surface area contributed by atoms with Gasteiger partial charge in [-0.3, -0.25) is 9.59 Å². The number of carbonyl (C=O) groups is 2. The van der Waals surface area contributed by atoms with Gasteiger partial charge in [-0.2, -0.15) is 0 Å². The van der Waals surface area contributed by atoms with Crippen LogP contribution in [0.1, 0.15) is 15.9 Å². The first kappa shape index (κ1) is 17.6. The van der Waals surface area contributed by atoms with Crippen LogP contribution in [0.15, 0.2) is 71.7 Å². The summed E-state index contributed by atoms with van der Waals surface area (Å²) in [5, 5.41) is 0.287. The number of nitrogens with zero attached hydrogens (tertiary/aromatic N) is 1. The predicted octanol–water partition coefficient (Wildman–Crippen LogP) is 4.94. The molecule has 1 fully saturated rings. The van der Waals surface area contributed by atoms with Gasteiger partial charge >= 0.3 is 0 Å². The lowest BCUT2D eigenvalue weighted by Crippen LogP contribution is -2.34. The molecule has 2 aromatic rings. The number of rotatable bonds is 3. The van der Waals surface area contributed by atoms with E-state index < -0.39 is 11.8 Å². The molecule has 1 saturated heterocycles. The lowest BCUT2D eigenvalue weighted by Gasteiger charge is -2.13. The van der Waals surface area contributed by atoms with Crippen molar-refractivity contribution in [2.45, 2.75) is 0 Å². The first-order valence-electron chi connectivity index (χ1n) is 7.36. The molecule has 3 rings (SSSR count). The SMILES string of the molecule is O=C1C(=CC=Cc2ccccc2)SC(=S)N1C(=O)c1ccccc1Cl. The van der Waals surface area contributed by atoms with Crippen molar-refractivity contribution in [3.63, 3.8) is 0 Å². The van der Waals surface area contributed by atoms with Crippen molar-refractivity contribution in [2.75, 3.05) is 0 Å². The molecule has 0 atom stereocenters. The Labute approximate surface area is 160 Å². The molecule has 1 heterocycles. The number of thiocarbonyl (C=S) groups is 1. The molecule has 3 nitrogen and oxygen atoms in total. The fourth-order valence-corrected chi connectivity index (χ4v) is 3.64. The Balaban J connectivity index is 1.81. The van der Waals surface area contributed by atoms with Crippen molar-refractivity contribution >= 4 is 57.8 Å². The van der Waals surface area contributed by atoms with Crippen molar-refractivity contribution in [2.24, 2.45) is 0 Å². The van der Waals surface area contributed by atoms with Gasteiger partial charge in [-0.1, -0.05) is 90.2 Å². The van der Waals surface area contributed by atoms with E-state index in [9.17, 15) is 9.59 Å². The van der Waals surface area contributed by atoms with Crippen LogP contribution in [0.2, 0.25) is 5.02 Å². The molecule has 25 heavy (non-hydrogen) atoms. The number of benzene rings is 2. The summed E-state index contributed by atoms with van der Waals surface area (Å²) in [6, 6.07) is 16.3. The third-order valence-electron chi connectivity index (χ3n) is 3.44. The molecule has 0 radical (unpaired) electrons. The Bertz CT molecular complexity index is 907. The number of imide groups is 1. The second-order valence-corrected chi connectivity index (χ2v) is 7.18. The van der Waals surface area contributed by atoms with Gasteiger partial charge in [-0.05, 0) is 23.8 Å². The average molecular weight is 386 g/mol. The standard InChI is InChI=1S/C19H12ClNO2S2/c20-15-11-5-4-10-14(15)17(22)21-18(23)16(25-19(21)24)12-6-9-13-7-2-1-3-8-13/h1-12H.